The van der Waals surface area contributed by atoms with Gasteiger partial charge in [-0.3, -0.25) is 23.7 Å². The normalized spacial score (nSPS) is 19.2. The third-order valence-electron chi connectivity index (χ3n) is 5.63. The number of esters is 3. The molecule has 36 heavy (non-hydrogen) atoms. The predicted octanol–water partition coefficient (Wildman–Crippen LogP) is -0.449. The Kier molecular flexibility index (Phi) is 9.50. The molecular weight excluding hydrogens is 478 g/mol. The lowest BCUT2D eigenvalue weighted by molar-refractivity contribution is -0.164. The van der Waals surface area contributed by atoms with Crippen molar-refractivity contribution >= 4 is 29.1 Å². The van der Waals surface area contributed by atoms with Gasteiger partial charge in [-0.2, -0.15) is 0 Å². The van der Waals surface area contributed by atoms with Crippen molar-refractivity contribution < 1.29 is 38.4 Å². The highest BCUT2D eigenvalue weighted by Gasteiger charge is 2.29. The maximum atomic E-state index is 12.1. The number of nitrogens with two attached hydrogens (primary N) is 1. The molecule has 2 aromatic rings. The maximum absolute atomic E-state index is 12.1. The first-order valence-corrected chi connectivity index (χ1v) is 11.6. The fourth-order valence-electron chi connectivity index (χ4n) is 3.46. The molecule has 3 heterocycles. The minimum absolute atomic E-state index is 0.00363. The van der Waals surface area contributed by atoms with E-state index in [0.717, 1.165) is 0 Å². The number of rotatable bonds is 12. The summed E-state index contributed by atoms with van der Waals surface area (Å²) in [5.41, 5.74) is 5.95. The molecule has 3 rings (SSSR count). The van der Waals surface area contributed by atoms with Gasteiger partial charge in [0, 0.05) is 0 Å². The molecule has 4 atom stereocenters. The summed E-state index contributed by atoms with van der Waals surface area (Å²) in [6.07, 6.45) is 1.66. The smallest absolute Gasteiger partial charge is 0.323 e. The molecule has 1 fully saturated rings. The number of nitrogens with zero attached hydrogens (tertiary/aromatic N) is 3. The molecule has 0 radical (unpaired) electrons. The molecule has 0 saturated carbocycles. The average molecular weight is 510 g/mol. The van der Waals surface area contributed by atoms with E-state index < -0.39 is 42.9 Å². The molecule has 14 heteroatoms. The van der Waals surface area contributed by atoms with Crippen molar-refractivity contribution in [3.05, 3.63) is 23.0 Å². The van der Waals surface area contributed by atoms with Crippen molar-refractivity contribution in [1.82, 2.24) is 19.5 Å². The van der Waals surface area contributed by atoms with Gasteiger partial charge in [0.25, 0.3) is 5.56 Å². The number of hydrogen-bond donors (Lipinski definition) is 3. The molecule has 4 N–H and O–H groups in total. The van der Waals surface area contributed by atoms with Gasteiger partial charge in [0.15, 0.2) is 17.3 Å². The van der Waals surface area contributed by atoms with Crippen LogP contribution in [0.3, 0.4) is 0 Å². The summed E-state index contributed by atoms with van der Waals surface area (Å²) in [4.78, 5) is 58.3. The molecule has 0 bridgehead atoms. The topological polar surface area (TPSA) is 198 Å². The van der Waals surface area contributed by atoms with Crippen LogP contribution in [-0.2, 0) is 33.3 Å². The molecule has 1 aliphatic heterocycles. The van der Waals surface area contributed by atoms with Crippen LogP contribution in [0.5, 0.6) is 0 Å². The van der Waals surface area contributed by atoms with Gasteiger partial charge in [-0.05, 0) is 18.8 Å². The number of H-pyrrole nitrogens is 1. The lowest BCUT2D eigenvalue weighted by Crippen LogP contribution is -2.39. The van der Waals surface area contributed by atoms with Crippen LogP contribution >= 0.6 is 0 Å². The van der Waals surface area contributed by atoms with Gasteiger partial charge in [0.05, 0.1) is 38.2 Å². The first-order chi connectivity index (χ1) is 17.2. The van der Waals surface area contributed by atoms with E-state index in [1.807, 2.05) is 0 Å². The summed E-state index contributed by atoms with van der Waals surface area (Å²) in [6.45, 7) is 2.61. The molecule has 198 valence electrons. The zero-order valence-electron chi connectivity index (χ0n) is 20.1. The van der Waals surface area contributed by atoms with Crippen molar-refractivity contribution in [2.24, 2.45) is 11.7 Å². The monoisotopic (exact) mass is 509 g/mol. The highest BCUT2D eigenvalue weighted by Crippen LogP contribution is 2.30. The SMILES string of the molecule is CC(C)[C@H](N)C(=O)OCC(CO)OC(=O)CCC(=O)OC[C@@H]1CC[C@H](n2cnc3c(=O)[nH]cnc32)O1. The fraction of sp³-hybridized carbons (Fsp3) is 0.636. The van der Waals surface area contributed by atoms with E-state index in [-0.39, 0.29) is 49.2 Å². The number of fused-ring (bicyclic) bond motifs is 1. The van der Waals surface area contributed by atoms with E-state index in [2.05, 4.69) is 15.0 Å². The Morgan fingerprint density at radius 3 is 2.69 bits per heavy atom. The van der Waals surface area contributed by atoms with Gasteiger partial charge in [-0.1, -0.05) is 13.8 Å². The Hall–Kier alpha value is -3.36. The third kappa shape index (κ3) is 7.08. The van der Waals surface area contributed by atoms with Crippen molar-refractivity contribution in [3.8, 4) is 0 Å². The third-order valence-corrected chi connectivity index (χ3v) is 5.63. The van der Waals surface area contributed by atoms with Crippen LogP contribution in [0.2, 0.25) is 0 Å². The van der Waals surface area contributed by atoms with E-state index in [1.165, 1.54) is 12.7 Å². The highest BCUT2D eigenvalue weighted by molar-refractivity contribution is 5.78. The maximum Gasteiger partial charge on any atom is 0.323 e. The lowest BCUT2D eigenvalue weighted by atomic mass is 10.1. The largest absolute Gasteiger partial charge is 0.463 e. The number of imidazole rings is 1. The number of aliphatic hydroxyl groups excluding tert-OH is 1. The highest BCUT2D eigenvalue weighted by atomic mass is 16.6. The number of aliphatic hydroxyl groups is 1. The van der Waals surface area contributed by atoms with Gasteiger partial charge in [0.2, 0.25) is 0 Å². The molecule has 0 aliphatic carbocycles. The number of ether oxygens (including phenoxy) is 4. The van der Waals surface area contributed by atoms with Crippen molar-refractivity contribution in [2.75, 3.05) is 19.8 Å². The Bertz CT molecular complexity index is 1110. The van der Waals surface area contributed by atoms with E-state index in [4.69, 9.17) is 24.7 Å². The van der Waals surface area contributed by atoms with Crippen LogP contribution < -0.4 is 11.3 Å². The quantitative estimate of drug-likeness (QED) is 0.246. The predicted molar refractivity (Wildman–Crippen MR) is 122 cm³/mol. The molecule has 0 aromatic carbocycles. The minimum atomic E-state index is -1.06. The molecule has 14 nitrogen and oxygen atoms in total. The Balaban J connectivity index is 1.36. The second-order valence-electron chi connectivity index (χ2n) is 8.72. The zero-order valence-corrected chi connectivity index (χ0v) is 20.1. The van der Waals surface area contributed by atoms with E-state index in [9.17, 15) is 24.3 Å². The number of aromatic amines is 1. The van der Waals surface area contributed by atoms with Crippen LogP contribution in [0.1, 0.15) is 45.8 Å². The van der Waals surface area contributed by atoms with E-state index in [1.54, 1.807) is 18.4 Å². The van der Waals surface area contributed by atoms with Crippen molar-refractivity contribution in [1.29, 1.82) is 0 Å². The van der Waals surface area contributed by atoms with Gasteiger partial charge in [-0.15, -0.1) is 0 Å². The lowest BCUT2D eigenvalue weighted by Gasteiger charge is -2.18. The number of aromatic nitrogens is 4. The summed E-state index contributed by atoms with van der Waals surface area (Å²) < 4.78 is 22.8. The molecule has 2 aromatic heterocycles. The van der Waals surface area contributed by atoms with Crippen LogP contribution in [0.4, 0.5) is 0 Å². The summed E-state index contributed by atoms with van der Waals surface area (Å²) in [7, 11) is 0. The zero-order chi connectivity index (χ0) is 26.2. The summed E-state index contributed by atoms with van der Waals surface area (Å²) in [5, 5.41) is 9.35. The number of carbonyl (C=O) groups is 3. The molecule has 0 spiro atoms. The first kappa shape index (κ1) is 27.2. The molecule has 0 amide bonds. The van der Waals surface area contributed by atoms with Crippen molar-refractivity contribution in [2.45, 2.75) is 64.0 Å². The molecular formula is C22H31N5O9. The van der Waals surface area contributed by atoms with Crippen LogP contribution in [0, 0.1) is 5.92 Å². The van der Waals surface area contributed by atoms with Gasteiger partial charge >= 0.3 is 17.9 Å². The standard InChI is InChI=1S/C22H31N5O9/c1-12(2)18(23)22(32)34-9-14(7-28)36-17(30)6-5-16(29)33-8-13-3-4-15(35-13)27-11-26-19-20(27)24-10-25-21(19)31/h10-15,18,28H,3-9,23H2,1-2H3,(H,24,25,31)/t13-,14?,15+,18-/m0/s1. The average Bonchev–Trinajstić information content (AvgIpc) is 3.50. The summed E-state index contributed by atoms with van der Waals surface area (Å²) in [5.74, 6) is -2.16. The summed E-state index contributed by atoms with van der Waals surface area (Å²) >= 11 is 0. The van der Waals surface area contributed by atoms with Crippen LogP contribution in [0.15, 0.2) is 17.4 Å². The number of nitrogens with one attached hydrogen (secondary N) is 1. The Labute approximate surface area is 206 Å². The summed E-state index contributed by atoms with van der Waals surface area (Å²) in [6, 6.07) is -0.825. The Morgan fingerprint density at radius 1 is 1.22 bits per heavy atom. The second kappa shape index (κ2) is 12.6. The molecule has 1 unspecified atom stereocenters. The van der Waals surface area contributed by atoms with E-state index >= 15 is 0 Å². The van der Waals surface area contributed by atoms with Gasteiger partial charge in [-0.25, -0.2) is 9.97 Å². The van der Waals surface area contributed by atoms with Gasteiger partial charge in [0.1, 0.15) is 25.5 Å². The van der Waals surface area contributed by atoms with E-state index in [0.29, 0.717) is 18.5 Å². The number of carbonyl (C=O) groups excluding carboxylic acids is 3. The molecule has 1 aliphatic rings. The molecule has 1 saturated heterocycles. The second-order valence-corrected chi connectivity index (χ2v) is 8.72. The van der Waals surface area contributed by atoms with Crippen LogP contribution in [-0.4, -0.2) is 80.6 Å². The fourth-order valence-corrected chi connectivity index (χ4v) is 3.46. The number of hydrogen-bond acceptors (Lipinski definition) is 12. The first-order valence-electron chi connectivity index (χ1n) is 11.6. The Morgan fingerprint density at radius 2 is 1.97 bits per heavy atom. The minimum Gasteiger partial charge on any atom is -0.463 e. The van der Waals surface area contributed by atoms with Crippen molar-refractivity contribution in [3.63, 3.8) is 0 Å². The van der Waals surface area contributed by atoms with Crippen LogP contribution in [0.25, 0.3) is 11.2 Å². The van der Waals surface area contributed by atoms with Gasteiger partial charge < -0.3 is 34.8 Å².